The summed E-state index contributed by atoms with van der Waals surface area (Å²) in [6, 6.07) is 7.56. The molecule has 2 heterocycles. The maximum atomic E-state index is 12.7. The zero-order valence-corrected chi connectivity index (χ0v) is 13.3. The predicted octanol–water partition coefficient (Wildman–Crippen LogP) is 1.03. The van der Waals surface area contributed by atoms with Crippen LogP contribution in [0.25, 0.3) is 10.9 Å². The fourth-order valence-electron chi connectivity index (χ4n) is 3.81. The van der Waals surface area contributed by atoms with Crippen LogP contribution in [0.1, 0.15) is 16.9 Å². The van der Waals surface area contributed by atoms with E-state index in [4.69, 9.17) is 15.2 Å². The molecular formula is C17H21N3O3. The third-order valence-corrected chi connectivity index (χ3v) is 5.23. The number of rotatable bonds is 3. The Bertz CT molecular complexity index is 770. The lowest BCUT2D eigenvalue weighted by Gasteiger charge is -2.45. The number of carbonyl (C=O) groups excluding carboxylic acids is 1. The molecule has 3 N–H and O–H groups in total. The number of amides is 1. The number of nitrogens with zero attached hydrogens (tertiary/aromatic N) is 1. The van der Waals surface area contributed by atoms with Crippen molar-refractivity contribution < 1.29 is 14.3 Å². The second-order valence-corrected chi connectivity index (χ2v) is 6.38. The van der Waals surface area contributed by atoms with Crippen LogP contribution in [0.2, 0.25) is 0 Å². The molecule has 2 aliphatic rings. The Morgan fingerprint density at radius 2 is 2.26 bits per heavy atom. The first kappa shape index (κ1) is 14.5. The van der Waals surface area contributed by atoms with E-state index in [1.165, 1.54) is 0 Å². The number of aromatic nitrogens is 1. The zero-order chi connectivity index (χ0) is 16.1. The minimum absolute atomic E-state index is 0.0128. The van der Waals surface area contributed by atoms with Gasteiger partial charge in [-0.05, 0) is 24.6 Å². The van der Waals surface area contributed by atoms with E-state index in [-0.39, 0.29) is 24.1 Å². The molecule has 2 aromatic rings. The molecule has 1 aromatic heterocycles. The number of ether oxygens (including phenoxy) is 2. The molecule has 1 saturated heterocycles. The first-order valence-electron chi connectivity index (χ1n) is 7.91. The van der Waals surface area contributed by atoms with Crippen molar-refractivity contribution in [1.82, 2.24) is 9.88 Å². The van der Waals surface area contributed by atoms with Gasteiger partial charge in [-0.2, -0.15) is 0 Å². The Morgan fingerprint density at radius 3 is 3.04 bits per heavy atom. The van der Waals surface area contributed by atoms with Gasteiger partial charge in [0.15, 0.2) is 0 Å². The molecule has 0 bridgehead atoms. The molecule has 0 radical (unpaired) electrons. The number of nitrogens with one attached hydrogen (secondary N) is 1. The van der Waals surface area contributed by atoms with E-state index in [9.17, 15) is 4.79 Å². The molecule has 1 amide bonds. The van der Waals surface area contributed by atoms with Crippen LogP contribution in [-0.2, 0) is 11.8 Å². The van der Waals surface area contributed by atoms with Crippen LogP contribution in [0.3, 0.4) is 0 Å². The van der Waals surface area contributed by atoms with Gasteiger partial charge in [-0.25, -0.2) is 0 Å². The predicted molar refractivity (Wildman–Crippen MR) is 86.5 cm³/mol. The van der Waals surface area contributed by atoms with E-state index in [1.54, 1.807) is 7.11 Å². The lowest BCUT2D eigenvalue weighted by molar-refractivity contribution is -0.0162. The molecule has 6 heteroatoms. The summed E-state index contributed by atoms with van der Waals surface area (Å²) in [6.45, 7) is 0.739. The summed E-state index contributed by atoms with van der Waals surface area (Å²) in [5, 5.41) is 4.05. The quantitative estimate of drug-likeness (QED) is 0.887. The Kier molecular flexibility index (Phi) is 3.32. The summed E-state index contributed by atoms with van der Waals surface area (Å²) in [4.78, 5) is 12.7. The van der Waals surface area contributed by atoms with Gasteiger partial charge in [0, 0.05) is 37.1 Å². The van der Waals surface area contributed by atoms with Crippen LogP contribution in [0, 0.1) is 5.92 Å². The third-order valence-electron chi connectivity index (χ3n) is 5.23. The van der Waals surface area contributed by atoms with Gasteiger partial charge in [-0.1, -0.05) is 0 Å². The smallest absolute Gasteiger partial charge is 0.268 e. The number of carbonyl (C=O) groups is 1. The van der Waals surface area contributed by atoms with Gasteiger partial charge in [0.1, 0.15) is 11.4 Å². The largest absolute Gasteiger partial charge is 0.497 e. The van der Waals surface area contributed by atoms with E-state index in [1.807, 2.05) is 35.9 Å². The van der Waals surface area contributed by atoms with Crippen molar-refractivity contribution in [3.05, 3.63) is 30.0 Å². The lowest BCUT2D eigenvalue weighted by atomic mass is 9.72. The van der Waals surface area contributed by atoms with Gasteiger partial charge in [-0.15, -0.1) is 0 Å². The Labute approximate surface area is 134 Å². The molecule has 1 saturated carbocycles. The molecule has 1 aliphatic carbocycles. The van der Waals surface area contributed by atoms with Crippen LogP contribution in [0.15, 0.2) is 24.3 Å². The standard InChI is InChI=1S/C17H21N3O3/c1-20-12-8-10(22-2)4-3-9(12)7-13(20)17(21)19-15-14(18)11-5-6-23-16(11)15/h3-4,7-8,11,14-16H,5-6,18H2,1-2H3,(H,19,21)/t11-,14+,15-,16-/m1/s1. The van der Waals surface area contributed by atoms with Crippen molar-refractivity contribution >= 4 is 16.8 Å². The molecule has 122 valence electrons. The molecule has 0 spiro atoms. The SMILES string of the molecule is COc1ccc2cc(C(=O)N[C@@H]3[C@@H](N)[C@H]4CCO[C@H]43)n(C)c2c1. The average Bonchev–Trinajstić information content (AvgIpc) is 3.14. The lowest BCUT2D eigenvalue weighted by Crippen LogP contribution is -2.69. The Balaban J connectivity index is 1.59. The normalized spacial score (nSPS) is 29.2. The van der Waals surface area contributed by atoms with Crippen molar-refractivity contribution in [2.24, 2.45) is 18.7 Å². The number of fused-ring (bicyclic) bond motifs is 2. The summed E-state index contributed by atoms with van der Waals surface area (Å²) in [5.41, 5.74) is 7.74. The van der Waals surface area contributed by atoms with Crippen molar-refractivity contribution in [3.63, 3.8) is 0 Å². The number of hydrogen-bond acceptors (Lipinski definition) is 4. The molecule has 0 unspecified atom stereocenters. The topological polar surface area (TPSA) is 78.5 Å². The van der Waals surface area contributed by atoms with Crippen molar-refractivity contribution in [1.29, 1.82) is 0 Å². The number of benzene rings is 1. The number of methoxy groups -OCH3 is 1. The highest BCUT2D eigenvalue weighted by molar-refractivity contribution is 5.99. The number of hydrogen-bond donors (Lipinski definition) is 2. The highest BCUT2D eigenvalue weighted by atomic mass is 16.5. The minimum atomic E-state index is -0.114. The van der Waals surface area contributed by atoms with Crippen LogP contribution in [-0.4, -0.2) is 42.4 Å². The molecule has 1 aromatic carbocycles. The van der Waals surface area contributed by atoms with Crippen LogP contribution in [0.4, 0.5) is 0 Å². The molecule has 4 rings (SSSR count). The highest BCUT2D eigenvalue weighted by Gasteiger charge is 2.52. The second-order valence-electron chi connectivity index (χ2n) is 6.38. The first-order chi connectivity index (χ1) is 11.1. The van der Waals surface area contributed by atoms with Crippen molar-refractivity contribution in [3.8, 4) is 5.75 Å². The highest BCUT2D eigenvalue weighted by Crippen LogP contribution is 2.38. The monoisotopic (exact) mass is 315 g/mol. The fourth-order valence-corrected chi connectivity index (χ4v) is 3.81. The van der Waals surface area contributed by atoms with Crippen molar-refractivity contribution in [2.45, 2.75) is 24.6 Å². The van der Waals surface area contributed by atoms with Gasteiger partial charge in [0.25, 0.3) is 5.91 Å². The number of aryl methyl sites for hydroxylation is 1. The molecule has 4 atom stereocenters. The average molecular weight is 315 g/mol. The maximum Gasteiger partial charge on any atom is 0.268 e. The zero-order valence-electron chi connectivity index (χ0n) is 13.3. The van der Waals surface area contributed by atoms with Gasteiger partial charge in [0.2, 0.25) is 0 Å². The molecule has 6 nitrogen and oxygen atoms in total. The van der Waals surface area contributed by atoms with Gasteiger partial charge >= 0.3 is 0 Å². The second kappa shape index (κ2) is 5.25. The van der Waals surface area contributed by atoms with Gasteiger partial charge in [0.05, 0.1) is 24.8 Å². The molecule has 2 fully saturated rings. The number of nitrogens with two attached hydrogens (primary N) is 1. The molecule has 1 aliphatic heterocycles. The minimum Gasteiger partial charge on any atom is -0.497 e. The fraction of sp³-hybridized carbons (Fsp3) is 0.471. The van der Waals surface area contributed by atoms with E-state index < -0.39 is 0 Å². The van der Waals surface area contributed by atoms with Gasteiger partial charge in [-0.3, -0.25) is 4.79 Å². The third kappa shape index (κ3) is 2.13. The summed E-state index contributed by atoms with van der Waals surface area (Å²) in [5.74, 6) is 1.04. The van der Waals surface area contributed by atoms with Crippen molar-refractivity contribution in [2.75, 3.05) is 13.7 Å². The summed E-state index contributed by atoms with van der Waals surface area (Å²) in [6.07, 6.45) is 1.06. The van der Waals surface area contributed by atoms with Crippen LogP contribution in [0.5, 0.6) is 5.75 Å². The van der Waals surface area contributed by atoms with E-state index in [0.29, 0.717) is 11.6 Å². The summed E-state index contributed by atoms with van der Waals surface area (Å²) in [7, 11) is 3.51. The molecular weight excluding hydrogens is 294 g/mol. The van der Waals surface area contributed by atoms with E-state index in [2.05, 4.69) is 5.32 Å². The summed E-state index contributed by atoms with van der Waals surface area (Å²) >= 11 is 0. The Hall–Kier alpha value is -2.05. The van der Waals surface area contributed by atoms with Crippen LogP contribution < -0.4 is 15.8 Å². The first-order valence-corrected chi connectivity index (χ1v) is 7.91. The van der Waals surface area contributed by atoms with E-state index in [0.717, 1.165) is 29.7 Å². The summed E-state index contributed by atoms with van der Waals surface area (Å²) < 4.78 is 12.8. The van der Waals surface area contributed by atoms with Gasteiger partial charge < -0.3 is 25.1 Å². The maximum absolute atomic E-state index is 12.7. The van der Waals surface area contributed by atoms with E-state index >= 15 is 0 Å². The Morgan fingerprint density at radius 1 is 1.43 bits per heavy atom. The van der Waals surface area contributed by atoms with Crippen LogP contribution >= 0.6 is 0 Å². The molecule has 23 heavy (non-hydrogen) atoms.